The molecule has 2 aromatic carbocycles. The number of amides is 2. The normalized spacial score (nSPS) is 10.7. The zero-order chi connectivity index (χ0) is 21.8. The van der Waals surface area contributed by atoms with E-state index in [4.69, 9.17) is 34.8 Å². The molecule has 0 spiro atoms. The van der Waals surface area contributed by atoms with Crippen LogP contribution in [0.3, 0.4) is 0 Å². The minimum Gasteiger partial charge on any atom is -0.347 e. The van der Waals surface area contributed by atoms with Crippen molar-refractivity contribution in [2.24, 2.45) is 0 Å². The van der Waals surface area contributed by atoms with E-state index < -0.39 is 0 Å². The van der Waals surface area contributed by atoms with Crippen molar-refractivity contribution in [2.75, 3.05) is 11.9 Å². The lowest BCUT2D eigenvalue weighted by Crippen LogP contribution is -2.34. The van der Waals surface area contributed by atoms with Crippen LogP contribution < -0.4 is 10.6 Å². The fourth-order valence-electron chi connectivity index (χ4n) is 2.96. The Morgan fingerprint density at radius 2 is 1.63 bits per heavy atom. The lowest BCUT2D eigenvalue weighted by atomic mass is 10.1. The third-order valence-corrected chi connectivity index (χ3v) is 5.28. The molecule has 156 valence electrons. The summed E-state index contributed by atoms with van der Waals surface area (Å²) < 4.78 is 1.68. The molecular weight excluding hydrogens is 447 g/mol. The standard InChI is InChI=1S/C21H19Cl3N4O2/c1-12-17(13(2)28(27-12)19-8-5-15(23)9-18(19)24)10-20(29)25-11-21(30)26-16-6-3-14(22)4-7-16/h3-9H,10-11H2,1-2H3,(H,25,29)(H,26,30). The van der Waals surface area contributed by atoms with Gasteiger partial charge in [0.15, 0.2) is 0 Å². The van der Waals surface area contributed by atoms with Gasteiger partial charge in [-0.3, -0.25) is 9.59 Å². The van der Waals surface area contributed by atoms with Gasteiger partial charge in [0.25, 0.3) is 0 Å². The number of rotatable bonds is 6. The van der Waals surface area contributed by atoms with Crippen LogP contribution in [0.4, 0.5) is 5.69 Å². The number of carbonyl (C=O) groups excluding carboxylic acids is 2. The lowest BCUT2D eigenvalue weighted by molar-refractivity contribution is -0.123. The number of aromatic nitrogens is 2. The largest absolute Gasteiger partial charge is 0.347 e. The number of halogens is 3. The summed E-state index contributed by atoms with van der Waals surface area (Å²) in [5, 5.41) is 11.4. The third-order valence-electron chi connectivity index (χ3n) is 4.49. The van der Waals surface area contributed by atoms with Gasteiger partial charge in [-0.2, -0.15) is 5.10 Å². The van der Waals surface area contributed by atoms with Crippen molar-refractivity contribution in [3.63, 3.8) is 0 Å². The van der Waals surface area contributed by atoms with E-state index in [1.807, 2.05) is 13.8 Å². The number of anilines is 1. The molecule has 0 unspecified atom stereocenters. The molecule has 0 aliphatic rings. The third kappa shape index (κ3) is 5.33. The monoisotopic (exact) mass is 464 g/mol. The van der Waals surface area contributed by atoms with Gasteiger partial charge in [-0.15, -0.1) is 0 Å². The van der Waals surface area contributed by atoms with E-state index in [-0.39, 0.29) is 24.8 Å². The molecule has 1 heterocycles. The molecule has 3 aromatic rings. The molecule has 0 radical (unpaired) electrons. The van der Waals surface area contributed by atoms with Gasteiger partial charge in [-0.05, 0) is 56.3 Å². The second-order valence-electron chi connectivity index (χ2n) is 6.67. The summed E-state index contributed by atoms with van der Waals surface area (Å²) in [5.74, 6) is -0.614. The number of nitrogens with zero attached hydrogens (tertiary/aromatic N) is 2. The second kappa shape index (κ2) is 9.51. The van der Waals surface area contributed by atoms with E-state index >= 15 is 0 Å². The number of carbonyl (C=O) groups is 2. The first-order chi connectivity index (χ1) is 14.2. The van der Waals surface area contributed by atoms with Gasteiger partial charge in [-0.25, -0.2) is 4.68 Å². The topological polar surface area (TPSA) is 76.0 Å². The van der Waals surface area contributed by atoms with E-state index in [0.717, 1.165) is 11.3 Å². The molecule has 9 heteroatoms. The van der Waals surface area contributed by atoms with Crippen molar-refractivity contribution < 1.29 is 9.59 Å². The van der Waals surface area contributed by atoms with Crippen molar-refractivity contribution in [3.8, 4) is 5.69 Å². The van der Waals surface area contributed by atoms with Gasteiger partial charge in [0.1, 0.15) is 0 Å². The highest BCUT2D eigenvalue weighted by molar-refractivity contribution is 6.35. The zero-order valence-electron chi connectivity index (χ0n) is 16.3. The van der Waals surface area contributed by atoms with Crippen molar-refractivity contribution >= 4 is 52.3 Å². The lowest BCUT2D eigenvalue weighted by Gasteiger charge is -2.09. The fraction of sp³-hybridized carbons (Fsp3) is 0.190. The van der Waals surface area contributed by atoms with Gasteiger partial charge < -0.3 is 10.6 Å². The van der Waals surface area contributed by atoms with E-state index in [1.54, 1.807) is 47.1 Å². The van der Waals surface area contributed by atoms with Crippen LogP contribution in [-0.4, -0.2) is 28.1 Å². The fourth-order valence-corrected chi connectivity index (χ4v) is 3.57. The van der Waals surface area contributed by atoms with Crippen LogP contribution in [0.15, 0.2) is 42.5 Å². The van der Waals surface area contributed by atoms with Crippen LogP contribution in [0.2, 0.25) is 15.1 Å². The molecule has 6 nitrogen and oxygen atoms in total. The molecule has 1 aromatic heterocycles. The van der Waals surface area contributed by atoms with Crippen molar-refractivity contribution in [2.45, 2.75) is 20.3 Å². The number of hydrogen-bond donors (Lipinski definition) is 2. The Kier molecular flexibility index (Phi) is 7.02. The average molecular weight is 466 g/mol. The van der Waals surface area contributed by atoms with Gasteiger partial charge in [-0.1, -0.05) is 34.8 Å². The Labute approximate surface area is 189 Å². The minimum absolute atomic E-state index is 0.0943. The maximum absolute atomic E-state index is 12.4. The van der Waals surface area contributed by atoms with Crippen molar-refractivity contribution in [3.05, 3.63) is 74.5 Å². The van der Waals surface area contributed by atoms with E-state index in [2.05, 4.69) is 15.7 Å². The van der Waals surface area contributed by atoms with Gasteiger partial charge in [0.2, 0.25) is 11.8 Å². The smallest absolute Gasteiger partial charge is 0.243 e. The number of hydrogen-bond acceptors (Lipinski definition) is 3. The Hall–Kier alpha value is -2.54. The maximum Gasteiger partial charge on any atom is 0.243 e. The maximum atomic E-state index is 12.4. The predicted octanol–water partition coefficient (Wildman–Crippen LogP) is 4.75. The Morgan fingerprint density at radius 3 is 2.30 bits per heavy atom. The quantitative estimate of drug-likeness (QED) is 0.552. The molecule has 0 saturated carbocycles. The Balaban J connectivity index is 1.63. The first kappa shape index (κ1) is 22.2. The van der Waals surface area contributed by atoms with Crippen molar-refractivity contribution in [1.82, 2.24) is 15.1 Å². The second-order valence-corrected chi connectivity index (χ2v) is 7.95. The molecule has 0 saturated heterocycles. The summed E-state index contributed by atoms with van der Waals surface area (Å²) in [7, 11) is 0. The van der Waals surface area contributed by atoms with Crippen LogP contribution in [0.5, 0.6) is 0 Å². The average Bonchev–Trinajstić information content (AvgIpc) is 2.96. The molecule has 0 aliphatic heterocycles. The molecule has 0 bridgehead atoms. The highest BCUT2D eigenvalue weighted by Crippen LogP contribution is 2.27. The van der Waals surface area contributed by atoms with Gasteiger partial charge >= 0.3 is 0 Å². The SMILES string of the molecule is Cc1nn(-c2ccc(Cl)cc2Cl)c(C)c1CC(=O)NCC(=O)Nc1ccc(Cl)cc1. The van der Waals surface area contributed by atoms with Crippen LogP contribution in [0.25, 0.3) is 5.69 Å². The molecule has 0 fully saturated rings. The Bertz CT molecular complexity index is 1090. The van der Waals surface area contributed by atoms with Crippen molar-refractivity contribution in [1.29, 1.82) is 0 Å². The first-order valence-corrected chi connectivity index (χ1v) is 10.2. The Morgan fingerprint density at radius 1 is 0.967 bits per heavy atom. The summed E-state index contributed by atoms with van der Waals surface area (Å²) in [6.45, 7) is 3.54. The summed E-state index contributed by atoms with van der Waals surface area (Å²) in [6, 6.07) is 11.9. The molecule has 0 atom stereocenters. The molecule has 0 aliphatic carbocycles. The van der Waals surface area contributed by atoms with E-state index in [0.29, 0.717) is 32.1 Å². The van der Waals surface area contributed by atoms with Gasteiger partial charge in [0, 0.05) is 27.0 Å². The number of aryl methyl sites for hydroxylation is 1. The highest BCUT2D eigenvalue weighted by Gasteiger charge is 2.18. The molecule has 2 amide bonds. The summed E-state index contributed by atoms with van der Waals surface area (Å²) in [5.41, 5.74) is 3.55. The highest BCUT2D eigenvalue weighted by atomic mass is 35.5. The van der Waals surface area contributed by atoms with Crippen LogP contribution in [0.1, 0.15) is 17.0 Å². The number of benzene rings is 2. The zero-order valence-corrected chi connectivity index (χ0v) is 18.6. The van der Waals surface area contributed by atoms with Gasteiger partial charge in [0.05, 0.1) is 29.4 Å². The van der Waals surface area contributed by atoms with Crippen LogP contribution in [0, 0.1) is 13.8 Å². The molecule has 30 heavy (non-hydrogen) atoms. The van der Waals surface area contributed by atoms with Crippen LogP contribution in [-0.2, 0) is 16.0 Å². The molecule has 2 N–H and O–H groups in total. The molecule has 3 rings (SSSR count). The summed E-state index contributed by atoms with van der Waals surface area (Å²) in [4.78, 5) is 24.4. The predicted molar refractivity (Wildman–Crippen MR) is 120 cm³/mol. The minimum atomic E-state index is -0.331. The first-order valence-electron chi connectivity index (χ1n) is 9.07. The van der Waals surface area contributed by atoms with E-state index in [1.165, 1.54) is 0 Å². The molecular formula is C21H19Cl3N4O2. The summed E-state index contributed by atoms with van der Waals surface area (Å²) in [6.07, 6.45) is 0.0943. The summed E-state index contributed by atoms with van der Waals surface area (Å²) >= 11 is 18.1. The van der Waals surface area contributed by atoms with Crippen LogP contribution >= 0.6 is 34.8 Å². The van der Waals surface area contributed by atoms with E-state index in [9.17, 15) is 9.59 Å². The number of nitrogens with one attached hydrogen (secondary N) is 2.